The molecule has 0 radical (unpaired) electrons. The Labute approximate surface area is 226 Å². The number of hydrogen-bond acceptors (Lipinski definition) is 7. The van der Waals surface area contributed by atoms with Gasteiger partial charge in [0, 0.05) is 22.8 Å². The van der Waals surface area contributed by atoms with Gasteiger partial charge in [0.2, 0.25) is 0 Å². The first-order valence-corrected chi connectivity index (χ1v) is 14.6. The van der Waals surface area contributed by atoms with Gasteiger partial charge in [0.1, 0.15) is 17.2 Å². The Kier molecular flexibility index (Phi) is 9.07. The third-order valence-electron chi connectivity index (χ3n) is 8.15. The molecule has 7 nitrogen and oxygen atoms in total. The van der Waals surface area contributed by atoms with Crippen LogP contribution in [0.4, 0.5) is 5.69 Å². The van der Waals surface area contributed by atoms with Crippen molar-refractivity contribution in [3.05, 3.63) is 35.4 Å². The lowest BCUT2D eigenvalue weighted by Crippen LogP contribution is -2.11. The molecule has 2 heterocycles. The predicted octanol–water partition coefficient (Wildman–Crippen LogP) is 5.20. The average molecular weight is 522 g/mol. The predicted molar refractivity (Wildman–Crippen MR) is 152 cm³/mol. The Bertz CT molecular complexity index is 1110. The highest BCUT2D eigenvalue weighted by molar-refractivity contribution is 6.26. The molecule has 2 saturated heterocycles. The zero-order valence-corrected chi connectivity index (χ0v) is 22.8. The fourth-order valence-electron chi connectivity index (χ4n) is 5.96. The van der Waals surface area contributed by atoms with E-state index >= 15 is 0 Å². The first kappa shape index (κ1) is 26.8. The van der Waals surface area contributed by atoms with Crippen LogP contribution in [0.2, 0.25) is 0 Å². The molecule has 38 heavy (non-hydrogen) atoms. The van der Waals surface area contributed by atoms with Crippen molar-refractivity contribution in [1.82, 2.24) is 10.6 Å². The lowest BCUT2D eigenvalue weighted by Gasteiger charge is -2.18. The van der Waals surface area contributed by atoms with Crippen molar-refractivity contribution >= 4 is 11.5 Å². The Morgan fingerprint density at radius 3 is 2.08 bits per heavy atom. The number of carbonyl (C=O) groups is 1. The smallest absolute Gasteiger partial charge is 0.196 e. The van der Waals surface area contributed by atoms with Crippen molar-refractivity contribution in [3.8, 4) is 28.4 Å². The maximum atomic E-state index is 13.6. The molecule has 3 aliphatic rings. The number of rotatable bonds is 14. The van der Waals surface area contributed by atoms with Gasteiger partial charge in [-0.3, -0.25) is 4.79 Å². The van der Waals surface area contributed by atoms with Gasteiger partial charge in [-0.05, 0) is 89.0 Å². The van der Waals surface area contributed by atoms with E-state index in [1.54, 1.807) is 0 Å². The summed E-state index contributed by atoms with van der Waals surface area (Å²) in [5.41, 5.74) is 9.66. The van der Waals surface area contributed by atoms with E-state index in [1.165, 1.54) is 12.8 Å². The number of carbonyl (C=O) groups excluding carboxylic acids is 1. The summed E-state index contributed by atoms with van der Waals surface area (Å²) in [6.07, 6.45) is 8.64. The molecule has 7 heteroatoms. The van der Waals surface area contributed by atoms with Crippen LogP contribution < -0.4 is 30.6 Å². The van der Waals surface area contributed by atoms with Gasteiger partial charge >= 0.3 is 0 Å². The highest BCUT2D eigenvalue weighted by atomic mass is 16.5. The van der Waals surface area contributed by atoms with E-state index in [2.05, 4.69) is 17.6 Å². The van der Waals surface area contributed by atoms with E-state index in [9.17, 15) is 4.79 Å². The number of unbranched alkanes of at least 4 members (excludes halogenated alkanes) is 1. The summed E-state index contributed by atoms with van der Waals surface area (Å²) in [6.45, 7) is 8.31. The third kappa shape index (κ3) is 5.94. The standard InChI is InChI=1S/C31H43N3O4/c1-2-3-15-37-25-18-26(38-17-6-8-22-12-14-34-20-22)30(32)29-28(25)27-23(31(29)35)9-4-10-24(27)36-16-5-7-21-11-13-33-19-21/h4,9-10,18,21-22,33-34H,2-3,5-8,11-17,19-20,32H2,1H3. The molecule has 0 spiro atoms. The van der Waals surface area contributed by atoms with E-state index in [4.69, 9.17) is 19.9 Å². The lowest BCUT2D eigenvalue weighted by atomic mass is 10.0. The first-order valence-electron chi connectivity index (χ1n) is 14.6. The Hall–Kier alpha value is -2.77. The SMILES string of the molecule is CCCCOc1cc(OCCCC2CCNC2)c(N)c2c1-c1c(OCCCC3CCNC3)cccc1C2=O. The van der Waals surface area contributed by atoms with Gasteiger partial charge in [0.25, 0.3) is 0 Å². The van der Waals surface area contributed by atoms with Gasteiger partial charge in [0.05, 0.1) is 31.1 Å². The van der Waals surface area contributed by atoms with E-state index < -0.39 is 0 Å². The van der Waals surface area contributed by atoms with Gasteiger partial charge in [-0.2, -0.15) is 0 Å². The molecule has 0 amide bonds. The summed E-state index contributed by atoms with van der Waals surface area (Å²) < 4.78 is 18.7. The molecule has 0 bridgehead atoms. The Morgan fingerprint density at radius 1 is 0.816 bits per heavy atom. The van der Waals surface area contributed by atoms with Gasteiger partial charge < -0.3 is 30.6 Å². The highest BCUT2D eigenvalue weighted by Crippen LogP contribution is 2.52. The molecule has 2 fully saturated rings. The molecule has 2 aromatic rings. The minimum absolute atomic E-state index is 0.0854. The molecule has 0 aromatic heterocycles. The van der Waals surface area contributed by atoms with Crippen molar-refractivity contribution in [3.63, 3.8) is 0 Å². The molecule has 2 aliphatic heterocycles. The van der Waals surface area contributed by atoms with E-state index in [0.29, 0.717) is 54.1 Å². The summed E-state index contributed by atoms with van der Waals surface area (Å²) in [7, 11) is 0. The molecule has 4 N–H and O–H groups in total. The molecule has 206 valence electrons. The monoisotopic (exact) mass is 521 g/mol. The molecule has 0 saturated carbocycles. The second kappa shape index (κ2) is 12.9. The van der Waals surface area contributed by atoms with Crippen LogP contribution in [0.5, 0.6) is 17.2 Å². The molecule has 2 unspecified atom stereocenters. The molecule has 2 atom stereocenters. The van der Waals surface area contributed by atoms with Crippen LogP contribution in [0.3, 0.4) is 0 Å². The summed E-state index contributed by atoms with van der Waals surface area (Å²) in [5.74, 6) is 3.27. The molecule has 2 aromatic carbocycles. The van der Waals surface area contributed by atoms with Crippen molar-refractivity contribution in [2.24, 2.45) is 11.8 Å². The number of hydrogen-bond donors (Lipinski definition) is 3. The normalized spacial score (nSPS) is 20.0. The molecule has 5 rings (SSSR count). The van der Waals surface area contributed by atoms with Gasteiger partial charge in [-0.25, -0.2) is 0 Å². The number of ketones is 1. The molecule has 1 aliphatic carbocycles. The van der Waals surface area contributed by atoms with Crippen LogP contribution in [0.1, 0.15) is 74.2 Å². The minimum atomic E-state index is -0.0854. The average Bonchev–Trinajstić information content (AvgIpc) is 3.69. The number of fused-ring (bicyclic) bond motifs is 3. The lowest BCUT2D eigenvalue weighted by molar-refractivity contribution is 0.104. The summed E-state index contributed by atoms with van der Waals surface area (Å²) in [5, 5.41) is 6.85. The van der Waals surface area contributed by atoms with E-state index in [0.717, 1.165) is 87.5 Å². The zero-order chi connectivity index (χ0) is 26.3. The third-order valence-corrected chi connectivity index (χ3v) is 8.15. The van der Waals surface area contributed by atoms with Crippen LogP contribution in [0, 0.1) is 11.8 Å². The van der Waals surface area contributed by atoms with Gasteiger partial charge in [-0.1, -0.05) is 25.5 Å². The van der Waals surface area contributed by atoms with Gasteiger partial charge in [0.15, 0.2) is 5.78 Å². The van der Waals surface area contributed by atoms with Crippen LogP contribution in [-0.4, -0.2) is 51.8 Å². The topological polar surface area (TPSA) is 94.8 Å². The van der Waals surface area contributed by atoms with Crippen molar-refractivity contribution < 1.29 is 19.0 Å². The fraction of sp³-hybridized carbons (Fsp3) is 0.581. The molecular formula is C31H43N3O4. The minimum Gasteiger partial charge on any atom is -0.493 e. The summed E-state index contributed by atoms with van der Waals surface area (Å²) in [4.78, 5) is 13.6. The second-order valence-electron chi connectivity index (χ2n) is 10.9. The number of nitrogens with one attached hydrogen (secondary N) is 2. The van der Waals surface area contributed by atoms with Crippen LogP contribution in [-0.2, 0) is 0 Å². The zero-order valence-electron chi connectivity index (χ0n) is 22.8. The van der Waals surface area contributed by atoms with Crippen LogP contribution in [0.15, 0.2) is 24.3 Å². The van der Waals surface area contributed by atoms with Crippen LogP contribution >= 0.6 is 0 Å². The Balaban J connectivity index is 1.36. The number of ether oxygens (including phenoxy) is 3. The fourth-order valence-corrected chi connectivity index (χ4v) is 5.96. The number of nitrogens with two attached hydrogens (primary N) is 1. The van der Waals surface area contributed by atoms with Gasteiger partial charge in [-0.15, -0.1) is 0 Å². The van der Waals surface area contributed by atoms with E-state index in [-0.39, 0.29) is 5.78 Å². The number of benzene rings is 2. The van der Waals surface area contributed by atoms with Crippen molar-refractivity contribution in [2.75, 3.05) is 51.7 Å². The Morgan fingerprint density at radius 2 is 1.45 bits per heavy atom. The summed E-state index contributed by atoms with van der Waals surface area (Å²) in [6, 6.07) is 7.59. The molecular weight excluding hydrogens is 478 g/mol. The van der Waals surface area contributed by atoms with Crippen molar-refractivity contribution in [2.45, 2.75) is 58.3 Å². The number of anilines is 1. The highest BCUT2D eigenvalue weighted by Gasteiger charge is 2.36. The maximum absolute atomic E-state index is 13.6. The van der Waals surface area contributed by atoms with E-state index in [1.807, 2.05) is 24.3 Å². The van der Waals surface area contributed by atoms with Crippen molar-refractivity contribution in [1.29, 1.82) is 0 Å². The second-order valence-corrected chi connectivity index (χ2v) is 10.9. The quantitative estimate of drug-likeness (QED) is 0.198. The largest absolute Gasteiger partial charge is 0.493 e. The van der Waals surface area contributed by atoms with Crippen LogP contribution in [0.25, 0.3) is 11.1 Å². The maximum Gasteiger partial charge on any atom is 0.196 e. The first-order chi connectivity index (χ1) is 18.7. The summed E-state index contributed by atoms with van der Waals surface area (Å²) >= 11 is 0. The number of nitrogen functional groups attached to an aromatic ring is 1.